The first kappa shape index (κ1) is 17.0. The van der Waals surface area contributed by atoms with Gasteiger partial charge < -0.3 is 0 Å². The van der Waals surface area contributed by atoms with Crippen molar-refractivity contribution in [1.82, 2.24) is 5.01 Å². The van der Waals surface area contributed by atoms with Crippen LogP contribution in [0, 0.1) is 0 Å². The first-order chi connectivity index (χ1) is 8.85. The molecule has 0 aromatic heterocycles. The van der Waals surface area contributed by atoms with Crippen LogP contribution in [0.3, 0.4) is 0 Å². The van der Waals surface area contributed by atoms with Gasteiger partial charge in [0, 0.05) is 16.6 Å². The Morgan fingerprint density at radius 1 is 0.600 bits per heavy atom. The molecule has 1 aromatic carbocycles. The molecule has 0 aliphatic carbocycles. The van der Waals surface area contributed by atoms with Crippen LogP contribution in [0.5, 0.6) is 0 Å². The second-order valence-corrected chi connectivity index (χ2v) is 8.47. The van der Waals surface area contributed by atoms with Crippen LogP contribution in [0.25, 0.3) is 0 Å². The van der Waals surface area contributed by atoms with Crippen LogP contribution < -0.4 is 5.01 Å². The Hall–Kier alpha value is -1.02. The molecule has 2 nitrogen and oxygen atoms in total. The average Bonchev–Trinajstić information content (AvgIpc) is 2.21. The van der Waals surface area contributed by atoms with Gasteiger partial charge in [0.1, 0.15) is 0 Å². The zero-order valence-corrected chi connectivity index (χ0v) is 14.8. The van der Waals surface area contributed by atoms with E-state index < -0.39 is 0 Å². The van der Waals surface area contributed by atoms with Gasteiger partial charge in [-0.3, -0.25) is 5.01 Å². The zero-order chi connectivity index (χ0) is 15.8. The van der Waals surface area contributed by atoms with E-state index in [1.54, 1.807) is 0 Å². The number of rotatable bonds is 2. The topological polar surface area (TPSA) is 6.48 Å². The summed E-state index contributed by atoms with van der Waals surface area (Å²) in [5, 5.41) is 4.93. The highest BCUT2D eigenvalue weighted by molar-refractivity contribution is 5.47. The third-order valence-electron chi connectivity index (χ3n) is 3.11. The van der Waals surface area contributed by atoms with Gasteiger partial charge in [0.05, 0.1) is 5.69 Å². The number of anilines is 1. The molecular weight excluding hydrogens is 244 g/mol. The molecule has 0 radical (unpaired) electrons. The van der Waals surface area contributed by atoms with Crippen molar-refractivity contribution in [2.75, 3.05) is 5.01 Å². The van der Waals surface area contributed by atoms with E-state index in [4.69, 9.17) is 0 Å². The Morgan fingerprint density at radius 2 is 1.00 bits per heavy atom. The normalized spacial score (nSPS) is 13.7. The van der Waals surface area contributed by atoms with E-state index in [1.165, 1.54) is 5.69 Å². The highest BCUT2D eigenvalue weighted by atomic mass is 15.7. The van der Waals surface area contributed by atoms with Crippen LogP contribution in [-0.4, -0.2) is 21.6 Å². The Balaban J connectivity index is 3.43. The molecule has 0 unspecified atom stereocenters. The van der Waals surface area contributed by atoms with Crippen LogP contribution in [-0.2, 0) is 0 Å². The summed E-state index contributed by atoms with van der Waals surface area (Å²) in [5.74, 6) is 0. The van der Waals surface area contributed by atoms with E-state index in [-0.39, 0.29) is 16.6 Å². The molecule has 114 valence electrons. The Kier molecular flexibility index (Phi) is 4.60. The predicted octanol–water partition coefficient (Wildman–Crippen LogP) is 5.11. The minimum Gasteiger partial charge on any atom is -0.300 e. The van der Waals surface area contributed by atoms with Crippen LogP contribution in [0.15, 0.2) is 30.3 Å². The summed E-state index contributed by atoms with van der Waals surface area (Å²) in [6.07, 6.45) is 0. The van der Waals surface area contributed by atoms with Crippen molar-refractivity contribution in [1.29, 1.82) is 0 Å². The number of hydrogen-bond acceptors (Lipinski definition) is 2. The summed E-state index contributed by atoms with van der Waals surface area (Å²) in [5.41, 5.74) is 1.34. The molecule has 0 N–H and O–H groups in total. The predicted molar refractivity (Wildman–Crippen MR) is 90.0 cm³/mol. The SMILES string of the molecule is CC(C)(C)N(c1ccccc1)N(C(C)(C)C)C(C)(C)C. The molecule has 0 aliphatic rings. The average molecular weight is 276 g/mol. The molecule has 0 spiro atoms. The Bertz CT molecular complexity index is 401. The first-order valence-electron chi connectivity index (χ1n) is 7.51. The van der Waals surface area contributed by atoms with E-state index in [0.29, 0.717) is 0 Å². The number of hydrogen-bond donors (Lipinski definition) is 0. The smallest absolute Gasteiger partial charge is 0.0528 e. The molecule has 20 heavy (non-hydrogen) atoms. The molecule has 0 aliphatic heterocycles. The highest BCUT2D eigenvalue weighted by Crippen LogP contribution is 2.35. The molecule has 0 bridgehead atoms. The maximum atomic E-state index is 2.50. The monoisotopic (exact) mass is 276 g/mol. The van der Waals surface area contributed by atoms with Gasteiger partial charge in [-0.05, 0) is 74.4 Å². The van der Waals surface area contributed by atoms with E-state index in [9.17, 15) is 0 Å². The van der Waals surface area contributed by atoms with Gasteiger partial charge in [-0.25, -0.2) is 5.01 Å². The Labute approximate surface area is 125 Å². The maximum absolute atomic E-state index is 2.50. The number of para-hydroxylation sites is 1. The molecule has 2 heteroatoms. The van der Waals surface area contributed by atoms with Gasteiger partial charge in [-0.1, -0.05) is 18.2 Å². The lowest BCUT2D eigenvalue weighted by atomic mass is 9.96. The summed E-state index contributed by atoms with van der Waals surface area (Å²) in [4.78, 5) is 0. The van der Waals surface area contributed by atoms with Crippen LogP contribution >= 0.6 is 0 Å². The lowest BCUT2D eigenvalue weighted by Gasteiger charge is -2.56. The van der Waals surface area contributed by atoms with Crippen LogP contribution in [0.4, 0.5) is 5.69 Å². The van der Waals surface area contributed by atoms with Crippen molar-refractivity contribution in [3.05, 3.63) is 30.3 Å². The maximum Gasteiger partial charge on any atom is 0.0528 e. The van der Waals surface area contributed by atoms with Crippen molar-refractivity contribution in [2.24, 2.45) is 0 Å². The van der Waals surface area contributed by atoms with Crippen molar-refractivity contribution >= 4 is 5.69 Å². The third-order valence-corrected chi connectivity index (χ3v) is 3.11. The number of nitrogens with zero attached hydrogens (tertiary/aromatic N) is 2. The molecular formula is C18H32N2. The number of hydrazine groups is 1. The molecule has 1 aromatic rings. The molecule has 0 fully saturated rings. The highest BCUT2D eigenvalue weighted by Gasteiger charge is 2.40. The molecule has 0 saturated heterocycles. The van der Waals surface area contributed by atoms with E-state index in [2.05, 4.69) is 103 Å². The van der Waals surface area contributed by atoms with Crippen molar-refractivity contribution in [3.63, 3.8) is 0 Å². The van der Waals surface area contributed by atoms with Crippen LogP contribution in [0.1, 0.15) is 62.3 Å². The minimum atomic E-state index is 0.0158. The van der Waals surface area contributed by atoms with E-state index >= 15 is 0 Å². The largest absolute Gasteiger partial charge is 0.300 e. The molecule has 0 atom stereocenters. The summed E-state index contributed by atoms with van der Waals surface area (Å²) in [6.45, 7) is 20.5. The number of benzene rings is 1. The van der Waals surface area contributed by atoms with Gasteiger partial charge >= 0.3 is 0 Å². The lowest BCUT2D eigenvalue weighted by molar-refractivity contribution is 0.00351. The summed E-state index contributed by atoms with van der Waals surface area (Å²) in [7, 11) is 0. The van der Waals surface area contributed by atoms with Gasteiger partial charge in [0.15, 0.2) is 0 Å². The standard InChI is InChI=1S/C18H32N2/c1-16(2,3)19(15-13-11-10-12-14-15)20(17(4,5)6)18(7,8)9/h10-14H,1-9H3. The van der Waals surface area contributed by atoms with Gasteiger partial charge in [0.2, 0.25) is 0 Å². The lowest BCUT2D eigenvalue weighted by Crippen LogP contribution is -2.66. The van der Waals surface area contributed by atoms with Gasteiger partial charge in [-0.15, -0.1) is 0 Å². The minimum absolute atomic E-state index is 0.0158. The second kappa shape index (κ2) is 5.40. The van der Waals surface area contributed by atoms with Crippen molar-refractivity contribution in [2.45, 2.75) is 78.9 Å². The molecule has 0 amide bonds. The first-order valence-corrected chi connectivity index (χ1v) is 7.51. The fourth-order valence-corrected chi connectivity index (χ4v) is 2.98. The molecule has 0 heterocycles. The Morgan fingerprint density at radius 3 is 1.30 bits per heavy atom. The van der Waals surface area contributed by atoms with Crippen molar-refractivity contribution in [3.8, 4) is 0 Å². The third kappa shape index (κ3) is 3.99. The molecule has 0 saturated carbocycles. The van der Waals surface area contributed by atoms with E-state index in [1.807, 2.05) is 0 Å². The van der Waals surface area contributed by atoms with Gasteiger partial charge in [0.25, 0.3) is 0 Å². The van der Waals surface area contributed by atoms with Crippen molar-refractivity contribution < 1.29 is 0 Å². The summed E-state index contributed by atoms with van der Waals surface area (Å²) >= 11 is 0. The quantitative estimate of drug-likeness (QED) is 0.693. The summed E-state index contributed by atoms with van der Waals surface area (Å²) < 4.78 is 0. The second-order valence-electron chi connectivity index (χ2n) is 8.47. The van der Waals surface area contributed by atoms with E-state index in [0.717, 1.165) is 0 Å². The molecule has 1 rings (SSSR count). The fourth-order valence-electron chi connectivity index (χ4n) is 2.98. The van der Waals surface area contributed by atoms with Gasteiger partial charge in [-0.2, -0.15) is 0 Å². The zero-order valence-electron chi connectivity index (χ0n) is 14.8. The van der Waals surface area contributed by atoms with Crippen LogP contribution in [0.2, 0.25) is 0 Å². The fraction of sp³-hybridized carbons (Fsp3) is 0.667. The summed E-state index contributed by atoms with van der Waals surface area (Å²) in [6, 6.07) is 10.7.